The predicted molar refractivity (Wildman–Crippen MR) is 110 cm³/mol. The van der Waals surface area contributed by atoms with Crippen molar-refractivity contribution in [3.05, 3.63) is 48.8 Å². The molecule has 0 saturated carbocycles. The van der Waals surface area contributed by atoms with E-state index in [4.69, 9.17) is 0 Å². The summed E-state index contributed by atoms with van der Waals surface area (Å²) in [5.41, 5.74) is 3.00. The summed E-state index contributed by atoms with van der Waals surface area (Å²) >= 11 is 0. The van der Waals surface area contributed by atoms with Crippen molar-refractivity contribution in [2.75, 3.05) is 18.0 Å². The van der Waals surface area contributed by atoms with Crippen molar-refractivity contribution in [2.45, 2.75) is 47.6 Å². The number of aromatic nitrogens is 1. The Bertz CT molecular complexity index is 675. The van der Waals surface area contributed by atoms with Crippen LogP contribution in [0.4, 0.5) is 17.1 Å². The Balaban J connectivity index is 2.07. The predicted octanol–water partition coefficient (Wildman–Crippen LogP) is 6.09. The molecule has 0 aliphatic heterocycles. The van der Waals surface area contributed by atoms with Crippen LogP contribution < -0.4 is 9.47 Å². The number of hydrogen-bond acceptors (Lipinski definition) is 3. The molecule has 2 aromatic rings. The lowest BCUT2D eigenvalue weighted by molar-refractivity contribution is -0.716. The fraction of sp³-hybridized carbons (Fsp3) is 0.500. The van der Waals surface area contributed by atoms with Gasteiger partial charge in [0.05, 0.1) is 11.4 Å². The van der Waals surface area contributed by atoms with Crippen molar-refractivity contribution in [2.24, 2.45) is 22.1 Å². The van der Waals surface area contributed by atoms with Crippen molar-refractivity contribution in [3.63, 3.8) is 0 Å². The molecule has 1 aromatic carbocycles. The lowest BCUT2D eigenvalue weighted by Crippen LogP contribution is -2.34. The van der Waals surface area contributed by atoms with E-state index in [0.29, 0.717) is 17.9 Å². The van der Waals surface area contributed by atoms with Crippen molar-refractivity contribution < 1.29 is 4.57 Å². The summed E-state index contributed by atoms with van der Waals surface area (Å²) in [4.78, 5) is 2.46. The van der Waals surface area contributed by atoms with Gasteiger partial charge in [0.15, 0.2) is 18.4 Å². The third kappa shape index (κ3) is 6.25. The molecule has 0 fully saturated rings. The fourth-order valence-electron chi connectivity index (χ4n) is 2.85. The number of benzene rings is 1. The molecule has 0 spiro atoms. The summed E-state index contributed by atoms with van der Waals surface area (Å²) in [6.45, 7) is 15.5. The minimum atomic E-state index is 0.452. The first kappa shape index (κ1) is 20.1. The number of pyridine rings is 1. The number of anilines is 1. The van der Waals surface area contributed by atoms with E-state index in [0.717, 1.165) is 24.5 Å². The van der Waals surface area contributed by atoms with Gasteiger partial charge in [-0.1, -0.05) is 27.7 Å². The Morgan fingerprint density at radius 2 is 1.19 bits per heavy atom. The van der Waals surface area contributed by atoms with Crippen LogP contribution in [0.25, 0.3) is 0 Å². The molecule has 2 rings (SSSR count). The number of azo groups is 1. The molecule has 0 N–H and O–H groups in total. The van der Waals surface area contributed by atoms with Crippen LogP contribution in [-0.2, 0) is 0 Å². The lowest BCUT2D eigenvalue weighted by atomic mass is 10.1. The highest BCUT2D eigenvalue weighted by molar-refractivity contribution is 5.53. The normalized spacial score (nSPS) is 11.9. The Kier molecular flexibility index (Phi) is 7.31. The summed E-state index contributed by atoms with van der Waals surface area (Å²) < 4.78 is 2.14. The molecule has 0 atom stereocenters. The average Bonchev–Trinajstić information content (AvgIpc) is 2.59. The molecular formula is C22H33N4+. The van der Waals surface area contributed by atoms with Gasteiger partial charge in [-0.05, 0) is 49.9 Å². The van der Waals surface area contributed by atoms with Gasteiger partial charge in [-0.3, -0.25) is 0 Å². The summed E-state index contributed by atoms with van der Waals surface area (Å²) in [5, 5.41) is 8.72. The molecule has 1 heterocycles. The van der Waals surface area contributed by atoms with Crippen LogP contribution in [0.3, 0.4) is 0 Å². The summed E-state index contributed by atoms with van der Waals surface area (Å²) in [6, 6.07) is 12.8. The molecular weight excluding hydrogens is 320 g/mol. The molecule has 0 aliphatic carbocycles. The minimum absolute atomic E-state index is 0.452. The van der Waals surface area contributed by atoms with Gasteiger partial charge in [0, 0.05) is 30.9 Å². The van der Waals surface area contributed by atoms with Gasteiger partial charge in [-0.15, -0.1) is 0 Å². The fourth-order valence-corrected chi connectivity index (χ4v) is 2.85. The first-order valence-electron chi connectivity index (χ1n) is 9.62. The number of hydrogen-bond donors (Lipinski definition) is 0. The van der Waals surface area contributed by atoms with E-state index < -0.39 is 0 Å². The Hall–Kier alpha value is -2.23. The zero-order chi connectivity index (χ0) is 19.1. The Morgan fingerprint density at radius 3 is 1.62 bits per heavy atom. The van der Waals surface area contributed by atoms with Crippen molar-refractivity contribution in [1.29, 1.82) is 0 Å². The van der Waals surface area contributed by atoms with Gasteiger partial charge in [-0.2, -0.15) is 10.2 Å². The second-order valence-electron chi connectivity index (χ2n) is 8.01. The maximum atomic E-state index is 4.37. The van der Waals surface area contributed by atoms with Gasteiger partial charge in [0.1, 0.15) is 0 Å². The lowest BCUT2D eigenvalue weighted by Gasteiger charge is -2.28. The van der Waals surface area contributed by atoms with Crippen LogP contribution in [0.1, 0.15) is 47.6 Å². The first-order chi connectivity index (χ1) is 12.3. The van der Waals surface area contributed by atoms with Crippen LogP contribution >= 0.6 is 0 Å². The van der Waals surface area contributed by atoms with Gasteiger partial charge in [0.2, 0.25) is 0 Å². The third-order valence-corrected chi connectivity index (χ3v) is 4.10. The first-order valence-corrected chi connectivity index (χ1v) is 9.62. The molecule has 4 nitrogen and oxygen atoms in total. The molecule has 26 heavy (non-hydrogen) atoms. The maximum Gasteiger partial charge on any atom is 0.171 e. The van der Waals surface area contributed by atoms with Gasteiger partial charge in [-0.25, -0.2) is 4.57 Å². The van der Waals surface area contributed by atoms with Crippen LogP contribution in [-0.4, -0.2) is 13.1 Å². The standard InChI is InChI=1S/C22H33N4/c1-17(2)15-26(16-18(3)4)22-9-7-20(8-10-22)23-24-21-11-13-25(14-12-21)19(5)6/h7-14,17-19H,15-16H2,1-6H3/q+1. The molecule has 4 heteroatoms. The smallest absolute Gasteiger partial charge is 0.171 e. The molecule has 0 bridgehead atoms. The second-order valence-corrected chi connectivity index (χ2v) is 8.01. The zero-order valence-corrected chi connectivity index (χ0v) is 17.1. The van der Waals surface area contributed by atoms with Crippen molar-refractivity contribution in [3.8, 4) is 0 Å². The van der Waals surface area contributed by atoms with Crippen molar-refractivity contribution in [1.82, 2.24) is 0 Å². The van der Waals surface area contributed by atoms with E-state index in [9.17, 15) is 0 Å². The highest BCUT2D eigenvalue weighted by Crippen LogP contribution is 2.23. The number of rotatable bonds is 8. The van der Waals surface area contributed by atoms with Crippen LogP contribution in [0.15, 0.2) is 59.0 Å². The summed E-state index contributed by atoms with van der Waals surface area (Å²) in [6.07, 6.45) is 4.08. The minimum Gasteiger partial charge on any atom is -0.371 e. The quantitative estimate of drug-likeness (QED) is 0.417. The van der Waals surface area contributed by atoms with Crippen LogP contribution in [0, 0.1) is 11.8 Å². The molecule has 140 valence electrons. The zero-order valence-electron chi connectivity index (χ0n) is 17.1. The Labute approximate surface area is 158 Å². The van der Waals surface area contributed by atoms with Gasteiger partial charge < -0.3 is 4.90 Å². The van der Waals surface area contributed by atoms with E-state index in [-0.39, 0.29) is 0 Å². The molecule has 1 aromatic heterocycles. The SMILES string of the molecule is CC(C)CN(CC(C)C)c1ccc(/N=N/c2cc[n+](C(C)C)cc2)cc1. The Morgan fingerprint density at radius 1 is 0.731 bits per heavy atom. The van der Waals surface area contributed by atoms with Crippen molar-refractivity contribution >= 4 is 17.1 Å². The van der Waals surface area contributed by atoms with E-state index in [1.807, 2.05) is 36.7 Å². The topological polar surface area (TPSA) is 31.8 Å². The maximum absolute atomic E-state index is 4.37. The van der Waals surface area contributed by atoms with Crippen LogP contribution in [0.2, 0.25) is 0 Å². The molecule has 0 amide bonds. The third-order valence-electron chi connectivity index (χ3n) is 4.10. The highest BCUT2D eigenvalue weighted by atomic mass is 15.1. The molecule has 0 aliphatic rings. The van der Waals surface area contributed by atoms with Crippen LogP contribution in [0.5, 0.6) is 0 Å². The molecule has 0 radical (unpaired) electrons. The molecule has 0 unspecified atom stereocenters. The highest BCUT2D eigenvalue weighted by Gasteiger charge is 2.10. The average molecular weight is 354 g/mol. The van der Waals surface area contributed by atoms with E-state index in [1.165, 1.54) is 5.69 Å². The summed E-state index contributed by atoms with van der Waals surface area (Å²) in [5.74, 6) is 1.28. The van der Waals surface area contributed by atoms with E-state index in [2.05, 4.69) is 73.4 Å². The molecule has 0 saturated heterocycles. The van der Waals surface area contributed by atoms with E-state index in [1.54, 1.807) is 0 Å². The second kappa shape index (κ2) is 9.46. The monoisotopic (exact) mass is 353 g/mol. The van der Waals surface area contributed by atoms with Gasteiger partial charge in [0.25, 0.3) is 0 Å². The van der Waals surface area contributed by atoms with Gasteiger partial charge >= 0.3 is 0 Å². The van der Waals surface area contributed by atoms with E-state index >= 15 is 0 Å². The number of nitrogens with zero attached hydrogens (tertiary/aromatic N) is 4. The largest absolute Gasteiger partial charge is 0.371 e. The summed E-state index contributed by atoms with van der Waals surface area (Å²) in [7, 11) is 0.